The lowest BCUT2D eigenvalue weighted by molar-refractivity contribution is -0.117. The fraction of sp³-hybridized carbons (Fsp3) is 0.222. The van der Waals surface area contributed by atoms with Crippen molar-refractivity contribution in [2.24, 2.45) is 0 Å². The Morgan fingerprint density at radius 2 is 1.82 bits per heavy atom. The molecule has 2 aromatic carbocycles. The van der Waals surface area contributed by atoms with Gasteiger partial charge in [0, 0.05) is 11.7 Å². The van der Waals surface area contributed by atoms with E-state index >= 15 is 0 Å². The number of nitriles is 1. The zero-order valence-electron chi connectivity index (χ0n) is 12.7. The summed E-state index contributed by atoms with van der Waals surface area (Å²) in [7, 11) is 0. The second-order valence-electron chi connectivity index (χ2n) is 5.20. The number of benzene rings is 2. The van der Waals surface area contributed by atoms with Crippen molar-refractivity contribution < 1.29 is 4.79 Å². The van der Waals surface area contributed by atoms with Crippen LogP contribution in [0.3, 0.4) is 0 Å². The molecule has 0 radical (unpaired) electrons. The van der Waals surface area contributed by atoms with Crippen LogP contribution in [0.2, 0.25) is 0 Å². The van der Waals surface area contributed by atoms with Gasteiger partial charge in [0.2, 0.25) is 5.91 Å². The quantitative estimate of drug-likeness (QED) is 0.889. The van der Waals surface area contributed by atoms with E-state index in [4.69, 9.17) is 5.26 Å². The number of anilines is 1. The van der Waals surface area contributed by atoms with Crippen LogP contribution in [-0.2, 0) is 4.79 Å². The predicted molar refractivity (Wildman–Crippen MR) is 87.2 cm³/mol. The average Bonchev–Trinajstić information content (AvgIpc) is 2.55. The summed E-state index contributed by atoms with van der Waals surface area (Å²) in [5, 5.41) is 15.0. The Morgan fingerprint density at radius 1 is 1.09 bits per heavy atom. The third-order valence-electron chi connectivity index (χ3n) is 3.45. The topological polar surface area (TPSA) is 64.9 Å². The largest absolute Gasteiger partial charge is 0.325 e. The number of amides is 1. The van der Waals surface area contributed by atoms with Gasteiger partial charge in [0.1, 0.15) is 0 Å². The van der Waals surface area contributed by atoms with Gasteiger partial charge in [-0.25, -0.2) is 0 Å². The van der Waals surface area contributed by atoms with Gasteiger partial charge in [-0.15, -0.1) is 0 Å². The van der Waals surface area contributed by atoms with Crippen molar-refractivity contribution in [3.05, 3.63) is 65.7 Å². The van der Waals surface area contributed by atoms with E-state index in [1.54, 1.807) is 24.3 Å². The average molecular weight is 293 g/mol. The van der Waals surface area contributed by atoms with Crippen LogP contribution < -0.4 is 10.6 Å². The number of hydrogen-bond acceptors (Lipinski definition) is 3. The molecular weight excluding hydrogens is 274 g/mol. The maximum atomic E-state index is 12.2. The summed E-state index contributed by atoms with van der Waals surface area (Å²) in [5.41, 5.74) is 2.29. The molecule has 2 rings (SSSR count). The summed E-state index contributed by atoms with van der Waals surface area (Å²) in [5.74, 6) is -0.127. The molecule has 0 aliphatic rings. The Bertz CT molecular complexity index is 676. The number of rotatable bonds is 5. The van der Waals surface area contributed by atoms with Gasteiger partial charge in [0.05, 0.1) is 17.7 Å². The van der Waals surface area contributed by atoms with Crippen molar-refractivity contribution in [1.29, 1.82) is 5.26 Å². The highest BCUT2D eigenvalue weighted by Crippen LogP contribution is 2.13. The molecule has 4 nitrogen and oxygen atoms in total. The highest BCUT2D eigenvalue weighted by molar-refractivity contribution is 5.94. The molecule has 2 aromatic rings. The molecule has 0 saturated heterocycles. The summed E-state index contributed by atoms with van der Waals surface area (Å²) >= 11 is 0. The minimum Gasteiger partial charge on any atom is -0.325 e. The molecular formula is C18H19N3O. The molecule has 0 aliphatic heterocycles. The first-order valence-electron chi connectivity index (χ1n) is 7.22. The Morgan fingerprint density at radius 3 is 2.50 bits per heavy atom. The molecule has 2 N–H and O–H groups in total. The van der Waals surface area contributed by atoms with Crippen LogP contribution in [0.1, 0.15) is 31.0 Å². The van der Waals surface area contributed by atoms with Gasteiger partial charge in [-0.3, -0.25) is 10.1 Å². The second kappa shape index (κ2) is 7.39. The van der Waals surface area contributed by atoms with Crippen molar-refractivity contribution in [3.8, 4) is 6.07 Å². The van der Waals surface area contributed by atoms with Crippen LogP contribution in [0, 0.1) is 11.3 Å². The van der Waals surface area contributed by atoms with Crippen LogP contribution in [-0.4, -0.2) is 11.9 Å². The first-order valence-corrected chi connectivity index (χ1v) is 7.22. The van der Waals surface area contributed by atoms with Gasteiger partial charge in [0.25, 0.3) is 0 Å². The summed E-state index contributed by atoms with van der Waals surface area (Å²) < 4.78 is 0. The molecule has 0 heterocycles. The summed E-state index contributed by atoms with van der Waals surface area (Å²) in [4.78, 5) is 12.2. The highest BCUT2D eigenvalue weighted by Gasteiger charge is 2.16. The molecule has 112 valence electrons. The zero-order valence-corrected chi connectivity index (χ0v) is 12.7. The Balaban J connectivity index is 1.96. The minimum atomic E-state index is -0.346. The first kappa shape index (κ1) is 15.7. The van der Waals surface area contributed by atoms with Gasteiger partial charge in [-0.05, 0) is 37.6 Å². The lowest BCUT2D eigenvalue weighted by atomic mass is 10.1. The van der Waals surface area contributed by atoms with Crippen LogP contribution in [0.15, 0.2) is 54.6 Å². The highest BCUT2D eigenvalue weighted by atomic mass is 16.2. The van der Waals surface area contributed by atoms with Crippen molar-refractivity contribution in [3.63, 3.8) is 0 Å². The lowest BCUT2D eigenvalue weighted by Gasteiger charge is -2.20. The number of nitrogens with one attached hydrogen (secondary N) is 2. The smallest absolute Gasteiger partial charge is 0.241 e. The maximum absolute atomic E-state index is 12.2. The normalized spacial score (nSPS) is 13.0. The number of nitrogens with zero attached hydrogens (tertiary/aromatic N) is 1. The number of carbonyl (C=O) groups excluding carboxylic acids is 1. The molecule has 0 fully saturated rings. The second-order valence-corrected chi connectivity index (χ2v) is 5.20. The first-order chi connectivity index (χ1) is 10.6. The van der Waals surface area contributed by atoms with Crippen molar-refractivity contribution >= 4 is 11.6 Å². The third-order valence-corrected chi connectivity index (χ3v) is 3.45. The van der Waals surface area contributed by atoms with E-state index in [0.29, 0.717) is 11.3 Å². The van der Waals surface area contributed by atoms with Gasteiger partial charge < -0.3 is 5.32 Å². The standard InChI is InChI=1S/C18H19N3O/c1-13(16-8-4-3-5-9-16)20-14(2)18(22)21-17-10-6-7-15(11-17)12-19/h3-11,13-14,20H,1-2H3,(H,21,22)/t13-,14-/m0/s1. The van der Waals surface area contributed by atoms with Crippen LogP contribution >= 0.6 is 0 Å². The molecule has 0 bridgehead atoms. The monoisotopic (exact) mass is 293 g/mol. The summed E-state index contributed by atoms with van der Waals surface area (Å²) in [6.45, 7) is 3.85. The van der Waals surface area contributed by atoms with Crippen molar-refractivity contribution in [2.75, 3.05) is 5.32 Å². The molecule has 4 heteroatoms. The lowest BCUT2D eigenvalue weighted by Crippen LogP contribution is -2.39. The Kier molecular flexibility index (Phi) is 5.29. The predicted octanol–water partition coefficient (Wildman–Crippen LogP) is 3.24. The van der Waals surface area contributed by atoms with Gasteiger partial charge in [-0.1, -0.05) is 36.4 Å². The summed E-state index contributed by atoms with van der Waals surface area (Å²) in [6.07, 6.45) is 0. The molecule has 0 saturated carbocycles. The van der Waals surface area contributed by atoms with E-state index in [2.05, 4.69) is 16.7 Å². The van der Waals surface area contributed by atoms with E-state index in [1.807, 2.05) is 44.2 Å². The van der Waals surface area contributed by atoms with Crippen molar-refractivity contribution in [1.82, 2.24) is 5.32 Å². The molecule has 22 heavy (non-hydrogen) atoms. The van der Waals surface area contributed by atoms with Crippen LogP contribution in [0.4, 0.5) is 5.69 Å². The molecule has 0 aromatic heterocycles. The third kappa shape index (κ3) is 4.18. The molecule has 2 atom stereocenters. The SMILES string of the molecule is C[C@H](N[C@@H](C)c1ccccc1)C(=O)Nc1cccc(C#N)c1. The van der Waals surface area contributed by atoms with Gasteiger partial charge in [0.15, 0.2) is 0 Å². The van der Waals surface area contributed by atoms with E-state index in [-0.39, 0.29) is 18.0 Å². The van der Waals surface area contributed by atoms with Gasteiger partial charge in [-0.2, -0.15) is 5.26 Å². The number of hydrogen-bond donors (Lipinski definition) is 2. The van der Waals surface area contributed by atoms with Gasteiger partial charge >= 0.3 is 0 Å². The van der Waals surface area contributed by atoms with E-state index in [9.17, 15) is 4.79 Å². The molecule has 0 unspecified atom stereocenters. The van der Waals surface area contributed by atoms with E-state index in [0.717, 1.165) is 5.56 Å². The fourth-order valence-electron chi connectivity index (χ4n) is 2.21. The van der Waals surface area contributed by atoms with Crippen LogP contribution in [0.5, 0.6) is 0 Å². The molecule has 0 spiro atoms. The summed E-state index contributed by atoms with van der Waals surface area (Å²) in [6, 6.07) is 18.6. The zero-order chi connectivity index (χ0) is 15.9. The fourth-order valence-corrected chi connectivity index (χ4v) is 2.21. The number of carbonyl (C=O) groups is 1. The minimum absolute atomic E-state index is 0.0763. The maximum Gasteiger partial charge on any atom is 0.241 e. The Hall–Kier alpha value is -2.64. The van der Waals surface area contributed by atoms with E-state index < -0.39 is 0 Å². The Labute approximate surface area is 130 Å². The van der Waals surface area contributed by atoms with E-state index in [1.165, 1.54) is 0 Å². The molecule has 1 amide bonds. The molecule has 0 aliphatic carbocycles. The van der Waals surface area contributed by atoms with Crippen molar-refractivity contribution in [2.45, 2.75) is 25.9 Å². The van der Waals surface area contributed by atoms with Crippen LogP contribution in [0.25, 0.3) is 0 Å².